The molecule has 2 aliphatic heterocycles. The number of fused-ring (bicyclic) bond motifs is 3. The van der Waals surface area contributed by atoms with E-state index in [1.807, 2.05) is 31.2 Å². The molecule has 9 heteroatoms. The number of nitrogens with one attached hydrogen (secondary N) is 1. The highest BCUT2D eigenvalue weighted by Gasteiger charge is 2.47. The van der Waals surface area contributed by atoms with Crippen molar-refractivity contribution in [1.29, 1.82) is 0 Å². The van der Waals surface area contributed by atoms with Crippen LogP contribution in [0.25, 0.3) is 11.1 Å². The van der Waals surface area contributed by atoms with Gasteiger partial charge in [0, 0.05) is 42.0 Å². The summed E-state index contributed by atoms with van der Waals surface area (Å²) in [7, 11) is 0. The first kappa shape index (κ1) is 26.2. The van der Waals surface area contributed by atoms with Gasteiger partial charge in [0.1, 0.15) is 5.69 Å². The molecule has 0 radical (unpaired) electrons. The minimum atomic E-state index is -3.15. The summed E-state index contributed by atoms with van der Waals surface area (Å²) in [5.41, 5.74) is 4.49. The number of alkyl halides is 2. The van der Waals surface area contributed by atoms with E-state index in [2.05, 4.69) is 21.3 Å². The molecule has 1 saturated heterocycles. The summed E-state index contributed by atoms with van der Waals surface area (Å²) in [4.78, 5) is 18.8. The average molecular weight is 524 g/mol. The number of aliphatic hydroxyl groups is 2. The minimum Gasteiger partial charge on any atom is -0.396 e. The molecule has 0 unspecified atom stereocenters. The molecule has 7 nitrogen and oxygen atoms in total. The van der Waals surface area contributed by atoms with Crippen LogP contribution in [0.15, 0.2) is 54.7 Å². The highest BCUT2D eigenvalue weighted by Crippen LogP contribution is 2.44. The maximum atomic E-state index is 13.7. The highest BCUT2D eigenvalue weighted by atomic mass is 19.3. The number of carbonyl (C=O) groups excluding carboxylic acids is 1. The predicted molar refractivity (Wildman–Crippen MR) is 141 cm³/mol. The van der Waals surface area contributed by atoms with E-state index in [1.54, 1.807) is 6.07 Å². The second-order valence-corrected chi connectivity index (χ2v) is 10.3. The third-order valence-electron chi connectivity index (χ3n) is 7.68. The molecule has 0 saturated carbocycles. The molecule has 5 rings (SSSR count). The van der Waals surface area contributed by atoms with Crippen LogP contribution in [0.3, 0.4) is 0 Å². The molecule has 0 aliphatic carbocycles. The molecular weight excluding hydrogens is 492 g/mol. The molecule has 1 amide bonds. The molecule has 2 aliphatic rings. The van der Waals surface area contributed by atoms with Crippen LogP contribution in [0.4, 0.5) is 20.2 Å². The average Bonchev–Trinajstić information content (AvgIpc) is 2.93. The van der Waals surface area contributed by atoms with Crippen molar-refractivity contribution in [2.24, 2.45) is 5.41 Å². The number of amides is 1. The molecular formula is C29H31F2N3O4. The Morgan fingerprint density at radius 1 is 1.18 bits per heavy atom. The summed E-state index contributed by atoms with van der Waals surface area (Å²) < 4.78 is 33.1. The molecule has 38 heavy (non-hydrogen) atoms. The number of halogens is 2. The van der Waals surface area contributed by atoms with Gasteiger partial charge in [-0.25, -0.2) is 0 Å². The summed E-state index contributed by atoms with van der Waals surface area (Å²) in [6.07, 6.45) is 1.75. The van der Waals surface area contributed by atoms with E-state index in [9.17, 15) is 23.8 Å². The SMILES string of the molecule is Cc1ccc(NC(=O)c2ccnc(C(C)(F)F)c2)cc1-c1ccc2c(c1)N1CCOC[C@H]1C(CO)(CO)C2. The van der Waals surface area contributed by atoms with Crippen molar-refractivity contribution in [3.05, 3.63) is 77.1 Å². The number of hydrogen-bond acceptors (Lipinski definition) is 6. The summed E-state index contributed by atoms with van der Waals surface area (Å²) in [6.45, 7) is 4.12. The standard InChI is InChI=1S/C29H31F2N3O4/c1-18-3-6-22(33-27(37)20-7-8-32-25(12-20)28(2,30)31)13-23(18)19-4-5-21-14-29(16-35,17-36)26-15-38-10-9-34(26)24(21)11-19/h3-8,11-13,26,35-36H,9-10,14-17H2,1-2H3,(H,33,37)/t26-/m0/s1. The second-order valence-electron chi connectivity index (χ2n) is 10.3. The van der Waals surface area contributed by atoms with Crippen molar-refractivity contribution in [1.82, 2.24) is 4.98 Å². The second kappa shape index (κ2) is 10.1. The third-order valence-corrected chi connectivity index (χ3v) is 7.68. The van der Waals surface area contributed by atoms with E-state index < -0.39 is 22.9 Å². The number of benzene rings is 2. The van der Waals surface area contributed by atoms with Crippen molar-refractivity contribution in [2.75, 3.05) is 43.2 Å². The van der Waals surface area contributed by atoms with Gasteiger partial charge in [0.2, 0.25) is 0 Å². The lowest BCUT2D eigenvalue weighted by Crippen LogP contribution is -2.61. The van der Waals surface area contributed by atoms with Crippen LogP contribution in [-0.4, -0.2) is 60.1 Å². The molecule has 1 fully saturated rings. The molecule has 0 bridgehead atoms. The van der Waals surface area contributed by atoms with Gasteiger partial charge in [0.25, 0.3) is 11.8 Å². The first-order chi connectivity index (χ1) is 18.1. The van der Waals surface area contributed by atoms with E-state index in [-0.39, 0.29) is 24.8 Å². The van der Waals surface area contributed by atoms with E-state index in [4.69, 9.17) is 4.74 Å². The third kappa shape index (κ3) is 4.77. The van der Waals surface area contributed by atoms with Gasteiger partial charge in [-0.3, -0.25) is 9.78 Å². The summed E-state index contributed by atoms with van der Waals surface area (Å²) in [5, 5.41) is 23.2. The number of aliphatic hydroxyl groups excluding tert-OH is 2. The molecule has 3 aromatic rings. The zero-order valence-corrected chi connectivity index (χ0v) is 21.4. The fourth-order valence-corrected chi connectivity index (χ4v) is 5.44. The number of carbonyl (C=O) groups is 1. The van der Waals surface area contributed by atoms with Gasteiger partial charge in [-0.05, 0) is 65.9 Å². The van der Waals surface area contributed by atoms with Gasteiger partial charge in [-0.1, -0.05) is 18.2 Å². The summed E-state index contributed by atoms with van der Waals surface area (Å²) >= 11 is 0. The van der Waals surface area contributed by atoms with Crippen LogP contribution in [-0.2, 0) is 17.1 Å². The first-order valence-corrected chi connectivity index (χ1v) is 12.6. The number of rotatable bonds is 6. The lowest BCUT2D eigenvalue weighted by molar-refractivity contribution is -0.0246. The van der Waals surface area contributed by atoms with Gasteiger partial charge < -0.3 is 25.2 Å². The fraction of sp³-hybridized carbons (Fsp3) is 0.379. The number of nitrogens with zero attached hydrogens (tertiary/aromatic N) is 2. The Balaban J connectivity index is 1.45. The topological polar surface area (TPSA) is 94.9 Å². The normalized spacial score (nSPS) is 18.5. The maximum absolute atomic E-state index is 13.7. The Morgan fingerprint density at radius 3 is 2.71 bits per heavy atom. The lowest BCUT2D eigenvalue weighted by atomic mass is 9.72. The summed E-state index contributed by atoms with van der Waals surface area (Å²) in [5.74, 6) is -3.65. The predicted octanol–water partition coefficient (Wildman–Crippen LogP) is 4.15. The maximum Gasteiger partial charge on any atom is 0.286 e. The zero-order chi connectivity index (χ0) is 27.1. The van der Waals surface area contributed by atoms with Gasteiger partial charge in [-0.2, -0.15) is 8.78 Å². The smallest absolute Gasteiger partial charge is 0.286 e. The van der Waals surface area contributed by atoms with Crippen molar-refractivity contribution in [3.63, 3.8) is 0 Å². The molecule has 0 spiro atoms. The Bertz CT molecular complexity index is 1350. The quantitative estimate of drug-likeness (QED) is 0.449. The van der Waals surface area contributed by atoms with Crippen LogP contribution in [0, 0.1) is 12.3 Å². The highest BCUT2D eigenvalue weighted by molar-refractivity contribution is 6.04. The largest absolute Gasteiger partial charge is 0.396 e. The molecule has 3 heterocycles. The Morgan fingerprint density at radius 2 is 1.97 bits per heavy atom. The fourth-order valence-electron chi connectivity index (χ4n) is 5.44. The molecule has 1 atom stereocenters. The zero-order valence-electron chi connectivity index (χ0n) is 21.4. The van der Waals surface area contributed by atoms with E-state index >= 15 is 0 Å². The van der Waals surface area contributed by atoms with Crippen molar-refractivity contribution in [3.8, 4) is 11.1 Å². The van der Waals surface area contributed by atoms with Gasteiger partial charge in [0.15, 0.2) is 0 Å². The molecule has 1 aromatic heterocycles. The van der Waals surface area contributed by atoms with Crippen molar-refractivity contribution in [2.45, 2.75) is 32.2 Å². The van der Waals surface area contributed by atoms with Crippen molar-refractivity contribution < 1.29 is 28.5 Å². The van der Waals surface area contributed by atoms with Crippen LogP contribution < -0.4 is 10.2 Å². The Kier molecular flexibility index (Phi) is 6.94. The van der Waals surface area contributed by atoms with Crippen LogP contribution in [0.2, 0.25) is 0 Å². The van der Waals surface area contributed by atoms with E-state index in [0.717, 1.165) is 40.9 Å². The first-order valence-electron chi connectivity index (χ1n) is 12.6. The lowest BCUT2D eigenvalue weighted by Gasteiger charge is -2.52. The number of pyridine rings is 1. The van der Waals surface area contributed by atoms with Crippen LogP contribution in [0.1, 0.15) is 34.1 Å². The number of morpholine rings is 1. The van der Waals surface area contributed by atoms with E-state index in [0.29, 0.717) is 31.9 Å². The van der Waals surface area contributed by atoms with Crippen molar-refractivity contribution >= 4 is 17.3 Å². The summed E-state index contributed by atoms with van der Waals surface area (Å²) in [6, 6.07) is 14.1. The molecule has 3 N–H and O–H groups in total. The van der Waals surface area contributed by atoms with Gasteiger partial charge in [0.05, 0.1) is 32.5 Å². The number of ether oxygens (including phenoxy) is 1. The monoisotopic (exact) mass is 523 g/mol. The number of hydrogen-bond donors (Lipinski definition) is 3. The van der Waals surface area contributed by atoms with Gasteiger partial charge in [-0.15, -0.1) is 0 Å². The molecule has 2 aromatic carbocycles. The molecule has 200 valence electrons. The number of aromatic nitrogens is 1. The number of aryl methyl sites for hydroxylation is 1. The van der Waals surface area contributed by atoms with Crippen LogP contribution >= 0.6 is 0 Å². The van der Waals surface area contributed by atoms with E-state index in [1.165, 1.54) is 12.3 Å². The number of anilines is 2. The van der Waals surface area contributed by atoms with Gasteiger partial charge >= 0.3 is 0 Å². The van der Waals surface area contributed by atoms with Crippen LogP contribution in [0.5, 0.6) is 0 Å². The Labute approximate surface area is 220 Å². The Hall–Kier alpha value is -3.40. The minimum absolute atomic E-state index is 0.0991.